The Morgan fingerprint density at radius 3 is 3.05 bits per heavy atom. The summed E-state index contributed by atoms with van der Waals surface area (Å²) in [5, 5.41) is 0. The van der Waals surface area contributed by atoms with Gasteiger partial charge in [0.25, 0.3) is 0 Å². The van der Waals surface area contributed by atoms with Gasteiger partial charge in [0.2, 0.25) is 11.8 Å². The van der Waals surface area contributed by atoms with Gasteiger partial charge in [-0.25, -0.2) is 5.84 Å². The highest BCUT2D eigenvalue weighted by Crippen LogP contribution is 2.28. The minimum atomic E-state index is -0.396. The van der Waals surface area contributed by atoms with Gasteiger partial charge in [-0.15, -0.1) is 0 Å². The molecule has 0 radical (unpaired) electrons. The number of hydrazine groups is 1. The van der Waals surface area contributed by atoms with E-state index in [-0.39, 0.29) is 18.2 Å². The highest BCUT2D eigenvalue weighted by Gasteiger charge is 2.34. The van der Waals surface area contributed by atoms with Crippen molar-refractivity contribution in [2.75, 3.05) is 18.1 Å². The molecule has 0 saturated carbocycles. The fourth-order valence-corrected chi connectivity index (χ4v) is 2.21. The summed E-state index contributed by atoms with van der Waals surface area (Å²) in [5.74, 6) is 5.06. The molecule has 108 valence electrons. The normalized spacial score (nSPS) is 18.2. The minimum absolute atomic E-state index is 0.0776. The molecular weight excluding hydrogens is 258 g/mol. The van der Waals surface area contributed by atoms with Gasteiger partial charge >= 0.3 is 0 Å². The maximum absolute atomic E-state index is 12.0. The third kappa shape index (κ3) is 3.08. The van der Waals surface area contributed by atoms with E-state index < -0.39 is 5.92 Å². The lowest BCUT2D eigenvalue weighted by molar-refractivity contribution is -0.126. The molecule has 1 heterocycles. The Kier molecular flexibility index (Phi) is 4.57. The largest absolute Gasteiger partial charge is 0.494 e. The Balaban J connectivity index is 2.11. The van der Waals surface area contributed by atoms with Crippen LogP contribution in [-0.2, 0) is 9.59 Å². The van der Waals surface area contributed by atoms with Gasteiger partial charge < -0.3 is 9.64 Å². The Bertz CT molecular complexity index is 504. The number of carbonyl (C=O) groups excluding carboxylic acids is 2. The summed E-state index contributed by atoms with van der Waals surface area (Å²) in [6.45, 7) is 3.01. The number of carbonyl (C=O) groups is 2. The molecule has 0 bridgehead atoms. The van der Waals surface area contributed by atoms with Crippen molar-refractivity contribution >= 4 is 17.5 Å². The topological polar surface area (TPSA) is 84.7 Å². The Labute approximate surface area is 117 Å². The monoisotopic (exact) mass is 277 g/mol. The van der Waals surface area contributed by atoms with Crippen LogP contribution in [0.15, 0.2) is 24.3 Å². The molecule has 3 N–H and O–H groups in total. The number of hydrogen-bond donors (Lipinski definition) is 2. The molecule has 6 nitrogen and oxygen atoms in total. The standard InChI is InChI=1S/C14H19N3O3/c1-2-6-20-12-5-3-4-11(8-12)17-9-10(7-13(17)18)14(19)16-15/h3-5,8,10H,2,6-7,9,15H2,1H3,(H,16,19). The first-order valence-electron chi connectivity index (χ1n) is 6.69. The summed E-state index contributed by atoms with van der Waals surface area (Å²) in [7, 11) is 0. The van der Waals surface area contributed by atoms with Crippen LogP contribution in [0.2, 0.25) is 0 Å². The van der Waals surface area contributed by atoms with Gasteiger partial charge in [0, 0.05) is 24.7 Å². The fraction of sp³-hybridized carbons (Fsp3) is 0.429. The first-order valence-corrected chi connectivity index (χ1v) is 6.69. The van der Waals surface area contributed by atoms with E-state index in [1.165, 1.54) is 0 Å². The Morgan fingerprint density at radius 1 is 1.55 bits per heavy atom. The zero-order chi connectivity index (χ0) is 14.5. The quantitative estimate of drug-likeness (QED) is 0.474. The number of nitrogens with two attached hydrogens (primary N) is 1. The van der Waals surface area contributed by atoms with Crippen LogP contribution >= 0.6 is 0 Å². The van der Waals surface area contributed by atoms with E-state index in [0.29, 0.717) is 13.2 Å². The van der Waals surface area contributed by atoms with E-state index in [2.05, 4.69) is 5.43 Å². The molecule has 0 aliphatic carbocycles. The van der Waals surface area contributed by atoms with Gasteiger partial charge in [-0.3, -0.25) is 15.0 Å². The van der Waals surface area contributed by atoms with Crippen molar-refractivity contribution in [2.24, 2.45) is 11.8 Å². The molecular formula is C14H19N3O3. The first kappa shape index (κ1) is 14.3. The van der Waals surface area contributed by atoms with Crippen molar-refractivity contribution < 1.29 is 14.3 Å². The molecule has 6 heteroatoms. The van der Waals surface area contributed by atoms with E-state index in [1.807, 2.05) is 31.2 Å². The van der Waals surface area contributed by atoms with Crippen molar-refractivity contribution in [3.8, 4) is 5.75 Å². The molecule has 1 unspecified atom stereocenters. The number of rotatable bonds is 5. The Morgan fingerprint density at radius 2 is 2.35 bits per heavy atom. The van der Waals surface area contributed by atoms with Gasteiger partial charge in [-0.1, -0.05) is 13.0 Å². The van der Waals surface area contributed by atoms with Gasteiger partial charge in [0.1, 0.15) is 5.75 Å². The number of hydrogen-bond acceptors (Lipinski definition) is 4. The zero-order valence-electron chi connectivity index (χ0n) is 11.5. The SMILES string of the molecule is CCCOc1cccc(N2CC(C(=O)NN)CC2=O)c1. The summed E-state index contributed by atoms with van der Waals surface area (Å²) < 4.78 is 5.55. The number of amides is 2. The molecule has 1 aromatic carbocycles. The van der Waals surface area contributed by atoms with Crippen molar-refractivity contribution in [2.45, 2.75) is 19.8 Å². The molecule has 1 aliphatic rings. The average molecular weight is 277 g/mol. The van der Waals surface area contributed by atoms with E-state index >= 15 is 0 Å². The third-order valence-electron chi connectivity index (χ3n) is 3.24. The van der Waals surface area contributed by atoms with Crippen LogP contribution < -0.4 is 20.9 Å². The van der Waals surface area contributed by atoms with E-state index in [9.17, 15) is 9.59 Å². The summed E-state index contributed by atoms with van der Waals surface area (Å²) in [4.78, 5) is 25.1. The number of nitrogens with zero attached hydrogens (tertiary/aromatic N) is 1. The highest BCUT2D eigenvalue weighted by atomic mass is 16.5. The predicted octanol–water partition coefficient (Wildman–Crippen LogP) is 0.818. The molecule has 0 aromatic heterocycles. The van der Waals surface area contributed by atoms with Crippen LogP contribution in [0.1, 0.15) is 19.8 Å². The molecule has 2 rings (SSSR count). The van der Waals surface area contributed by atoms with Crippen molar-refractivity contribution in [1.29, 1.82) is 0 Å². The summed E-state index contributed by atoms with van der Waals surface area (Å²) >= 11 is 0. The molecule has 1 fully saturated rings. The molecule has 1 aliphatic heterocycles. The molecule has 0 spiro atoms. The second-order valence-corrected chi connectivity index (χ2v) is 4.76. The third-order valence-corrected chi connectivity index (χ3v) is 3.24. The van der Waals surface area contributed by atoms with Crippen LogP contribution in [-0.4, -0.2) is 25.0 Å². The van der Waals surface area contributed by atoms with Gasteiger partial charge in [-0.05, 0) is 18.6 Å². The summed E-state index contributed by atoms with van der Waals surface area (Å²) in [6, 6.07) is 7.34. The second kappa shape index (κ2) is 6.38. The fourth-order valence-electron chi connectivity index (χ4n) is 2.21. The summed E-state index contributed by atoms with van der Waals surface area (Å²) in [5.41, 5.74) is 2.84. The number of anilines is 1. The molecule has 20 heavy (non-hydrogen) atoms. The molecule has 1 atom stereocenters. The maximum atomic E-state index is 12.0. The van der Waals surface area contributed by atoms with Crippen LogP contribution in [0.25, 0.3) is 0 Å². The van der Waals surface area contributed by atoms with Gasteiger partial charge in [0.15, 0.2) is 0 Å². The average Bonchev–Trinajstić information content (AvgIpc) is 2.86. The van der Waals surface area contributed by atoms with E-state index in [0.717, 1.165) is 17.9 Å². The predicted molar refractivity (Wildman–Crippen MR) is 75.0 cm³/mol. The smallest absolute Gasteiger partial charge is 0.239 e. The zero-order valence-corrected chi connectivity index (χ0v) is 11.5. The lowest BCUT2D eigenvalue weighted by Crippen LogP contribution is -2.37. The van der Waals surface area contributed by atoms with Crippen LogP contribution in [0.3, 0.4) is 0 Å². The van der Waals surface area contributed by atoms with Gasteiger partial charge in [-0.2, -0.15) is 0 Å². The van der Waals surface area contributed by atoms with E-state index in [1.54, 1.807) is 4.90 Å². The minimum Gasteiger partial charge on any atom is -0.494 e. The van der Waals surface area contributed by atoms with Gasteiger partial charge in [0.05, 0.1) is 12.5 Å². The lowest BCUT2D eigenvalue weighted by Gasteiger charge is -2.17. The number of benzene rings is 1. The van der Waals surface area contributed by atoms with Crippen LogP contribution in [0.4, 0.5) is 5.69 Å². The molecule has 1 aromatic rings. The number of nitrogens with one attached hydrogen (secondary N) is 1. The number of ether oxygens (including phenoxy) is 1. The van der Waals surface area contributed by atoms with Crippen LogP contribution in [0.5, 0.6) is 5.75 Å². The Hall–Kier alpha value is -2.08. The maximum Gasteiger partial charge on any atom is 0.239 e. The van der Waals surface area contributed by atoms with Crippen LogP contribution in [0, 0.1) is 5.92 Å². The van der Waals surface area contributed by atoms with Crippen molar-refractivity contribution in [3.05, 3.63) is 24.3 Å². The van der Waals surface area contributed by atoms with Crippen molar-refractivity contribution in [1.82, 2.24) is 5.43 Å². The van der Waals surface area contributed by atoms with Crippen molar-refractivity contribution in [3.63, 3.8) is 0 Å². The second-order valence-electron chi connectivity index (χ2n) is 4.76. The summed E-state index contributed by atoms with van der Waals surface area (Å²) in [6.07, 6.45) is 1.11. The highest BCUT2D eigenvalue weighted by molar-refractivity contribution is 6.00. The molecule has 1 saturated heterocycles. The lowest BCUT2D eigenvalue weighted by atomic mass is 10.1. The molecule has 2 amide bonds. The first-order chi connectivity index (χ1) is 9.65. The van der Waals surface area contributed by atoms with E-state index in [4.69, 9.17) is 10.6 Å².